The molecule has 0 aromatic heterocycles. The molecule has 1 unspecified atom stereocenters. The van der Waals surface area contributed by atoms with Gasteiger partial charge in [0.1, 0.15) is 6.04 Å². The highest BCUT2D eigenvalue weighted by molar-refractivity contribution is 6.04. The minimum absolute atomic E-state index is 0.0621. The van der Waals surface area contributed by atoms with Crippen LogP contribution in [0.4, 0.5) is 11.4 Å². The summed E-state index contributed by atoms with van der Waals surface area (Å²) >= 11 is 0. The van der Waals surface area contributed by atoms with Crippen molar-refractivity contribution in [3.05, 3.63) is 23.8 Å². The van der Waals surface area contributed by atoms with E-state index in [1.165, 1.54) is 0 Å². The molecular weight excluding hydrogens is 268 g/mol. The largest absolute Gasteiger partial charge is 0.382 e. The van der Waals surface area contributed by atoms with Gasteiger partial charge in [0.05, 0.1) is 16.9 Å². The van der Waals surface area contributed by atoms with Crippen molar-refractivity contribution in [1.82, 2.24) is 10.2 Å². The van der Waals surface area contributed by atoms with E-state index < -0.39 is 0 Å². The molecule has 2 aliphatic rings. The van der Waals surface area contributed by atoms with Gasteiger partial charge in [-0.25, -0.2) is 0 Å². The van der Waals surface area contributed by atoms with Crippen LogP contribution < -0.4 is 16.0 Å². The average Bonchev–Trinajstić information content (AvgIpc) is 2.53. The van der Waals surface area contributed by atoms with Gasteiger partial charge in [-0.1, -0.05) is 13.0 Å². The molecule has 1 fully saturated rings. The first-order chi connectivity index (χ1) is 10.2. The molecule has 3 N–H and O–H groups in total. The Labute approximate surface area is 123 Å². The van der Waals surface area contributed by atoms with E-state index in [9.17, 15) is 9.59 Å². The van der Waals surface area contributed by atoms with Gasteiger partial charge in [0.15, 0.2) is 0 Å². The molecule has 2 aliphatic heterocycles. The number of anilines is 2. The maximum absolute atomic E-state index is 12.9. The van der Waals surface area contributed by atoms with Gasteiger partial charge in [0.2, 0.25) is 5.91 Å². The molecule has 3 rings (SSSR count). The quantitative estimate of drug-likeness (QED) is 0.755. The van der Waals surface area contributed by atoms with Crippen LogP contribution in [0.2, 0.25) is 0 Å². The van der Waals surface area contributed by atoms with E-state index >= 15 is 0 Å². The van der Waals surface area contributed by atoms with Crippen molar-refractivity contribution < 1.29 is 9.59 Å². The molecule has 6 heteroatoms. The maximum Gasteiger partial charge on any atom is 0.256 e. The van der Waals surface area contributed by atoms with E-state index in [2.05, 4.69) is 16.0 Å². The van der Waals surface area contributed by atoms with Crippen LogP contribution in [0.25, 0.3) is 0 Å². The van der Waals surface area contributed by atoms with Crippen molar-refractivity contribution in [2.45, 2.75) is 19.4 Å². The smallest absolute Gasteiger partial charge is 0.256 e. The van der Waals surface area contributed by atoms with Crippen LogP contribution >= 0.6 is 0 Å². The normalized spacial score (nSPS) is 20.9. The third-order valence-electron chi connectivity index (χ3n) is 4.02. The maximum atomic E-state index is 12.9. The minimum atomic E-state index is -0.376. The Morgan fingerprint density at radius 2 is 2.05 bits per heavy atom. The van der Waals surface area contributed by atoms with Crippen molar-refractivity contribution >= 4 is 23.2 Å². The molecule has 2 heterocycles. The number of hydrogen-bond donors (Lipinski definition) is 3. The molecular formula is C15H20N4O2. The molecule has 0 spiro atoms. The summed E-state index contributed by atoms with van der Waals surface area (Å²) in [4.78, 5) is 26.5. The lowest BCUT2D eigenvalue weighted by molar-refractivity contribution is -0.127. The van der Waals surface area contributed by atoms with Gasteiger partial charge in [0.25, 0.3) is 5.91 Å². The Balaban J connectivity index is 1.93. The molecule has 0 radical (unpaired) electrons. The number of nitrogens with one attached hydrogen (secondary N) is 3. The molecule has 6 nitrogen and oxygen atoms in total. The van der Waals surface area contributed by atoms with Crippen LogP contribution in [-0.4, -0.2) is 48.9 Å². The highest BCUT2D eigenvalue weighted by atomic mass is 16.2. The van der Waals surface area contributed by atoms with Crippen LogP contribution in [0, 0.1) is 0 Å². The number of carbonyl (C=O) groups is 2. The van der Waals surface area contributed by atoms with Gasteiger partial charge >= 0.3 is 0 Å². The minimum Gasteiger partial charge on any atom is -0.382 e. The zero-order valence-electron chi connectivity index (χ0n) is 12.1. The first-order valence-corrected chi connectivity index (χ1v) is 7.41. The van der Waals surface area contributed by atoms with Crippen molar-refractivity contribution in [3.63, 3.8) is 0 Å². The fourth-order valence-electron chi connectivity index (χ4n) is 2.97. The van der Waals surface area contributed by atoms with Crippen LogP contribution in [-0.2, 0) is 4.79 Å². The Bertz CT molecular complexity index is 573. The monoisotopic (exact) mass is 288 g/mol. The zero-order chi connectivity index (χ0) is 14.8. The summed E-state index contributed by atoms with van der Waals surface area (Å²) < 4.78 is 0. The molecule has 0 bridgehead atoms. The van der Waals surface area contributed by atoms with Gasteiger partial charge in [-0.15, -0.1) is 0 Å². The summed E-state index contributed by atoms with van der Waals surface area (Å²) in [7, 11) is 0. The lowest BCUT2D eigenvalue weighted by Gasteiger charge is -2.35. The number of nitrogens with zero attached hydrogens (tertiary/aromatic N) is 1. The van der Waals surface area contributed by atoms with Gasteiger partial charge in [-0.2, -0.15) is 0 Å². The lowest BCUT2D eigenvalue weighted by Crippen LogP contribution is -2.57. The van der Waals surface area contributed by atoms with Crippen LogP contribution in [0.1, 0.15) is 23.7 Å². The van der Waals surface area contributed by atoms with Crippen molar-refractivity contribution in [3.8, 4) is 0 Å². The molecule has 1 aromatic rings. The molecule has 21 heavy (non-hydrogen) atoms. The number of fused-ring (bicyclic) bond motifs is 1. The lowest BCUT2D eigenvalue weighted by atomic mass is 10.0. The van der Waals surface area contributed by atoms with Crippen LogP contribution in [0.15, 0.2) is 18.2 Å². The van der Waals surface area contributed by atoms with Gasteiger partial charge in [0, 0.05) is 26.2 Å². The van der Waals surface area contributed by atoms with Gasteiger partial charge in [-0.05, 0) is 18.6 Å². The predicted octanol–water partition coefficient (Wildman–Crippen LogP) is 0.875. The van der Waals surface area contributed by atoms with Crippen molar-refractivity contribution in [1.29, 1.82) is 0 Å². The predicted molar refractivity (Wildman–Crippen MR) is 81.5 cm³/mol. The number of carbonyl (C=O) groups excluding carboxylic acids is 2. The Morgan fingerprint density at radius 3 is 2.86 bits per heavy atom. The second kappa shape index (κ2) is 5.63. The summed E-state index contributed by atoms with van der Waals surface area (Å²) in [5, 5.41) is 9.39. The number of rotatable bonds is 2. The molecule has 2 amide bonds. The molecule has 0 saturated carbocycles. The van der Waals surface area contributed by atoms with E-state index in [0.29, 0.717) is 25.1 Å². The number of amides is 2. The SMILES string of the molecule is CCC1C(=O)NCCN1C(=O)c1cccc2c1NCCN2. The number of hydrogen-bond acceptors (Lipinski definition) is 4. The van der Waals surface area contributed by atoms with E-state index in [-0.39, 0.29) is 17.9 Å². The van der Waals surface area contributed by atoms with E-state index in [1.807, 2.05) is 25.1 Å². The third-order valence-corrected chi connectivity index (χ3v) is 4.02. The third kappa shape index (κ3) is 2.41. The summed E-state index contributed by atoms with van der Waals surface area (Å²) in [6.07, 6.45) is 0.623. The highest BCUT2D eigenvalue weighted by Gasteiger charge is 2.33. The second-order valence-corrected chi connectivity index (χ2v) is 5.30. The van der Waals surface area contributed by atoms with Crippen molar-refractivity contribution in [2.75, 3.05) is 36.8 Å². The Kier molecular flexibility index (Phi) is 3.68. The molecule has 0 aliphatic carbocycles. The first kappa shape index (κ1) is 13.7. The Morgan fingerprint density at radius 1 is 1.24 bits per heavy atom. The van der Waals surface area contributed by atoms with Crippen molar-refractivity contribution in [2.24, 2.45) is 0 Å². The summed E-state index contributed by atoms with van der Waals surface area (Å²) in [5.74, 6) is -0.141. The van der Waals surface area contributed by atoms with E-state index in [1.54, 1.807) is 4.90 Å². The molecule has 1 saturated heterocycles. The summed E-state index contributed by atoms with van der Waals surface area (Å²) in [6, 6.07) is 5.27. The fraction of sp³-hybridized carbons (Fsp3) is 0.467. The fourth-order valence-corrected chi connectivity index (χ4v) is 2.97. The standard InChI is InChI=1S/C15H20N4O2/c1-2-12-14(20)18-8-9-19(12)15(21)10-4-3-5-11-13(10)17-7-6-16-11/h3-5,12,16-17H,2,6-9H2,1H3,(H,18,20). The average molecular weight is 288 g/mol. The molecule has 1 aromatic carbocycles. The number of piperazine rings is 1. The van der Waals surface area contributed by atoms with Gasteiger partial charge in [-0.3, -0.25) is 9.59 Å². The highest BCUT2D eigenvalue weighted by Crippen LogP contribution is 2.30. The van der Waals surface area contributed by atoms with E-state index in [0.717, 1.165) is 24.5 Å². The topological polar surface area (TPSA) is 73.5 Å². The number of benzene rings is 1. The first-order valence-electron chi connectivity index (χ1n) is 7.41. The van der Waals surface area contributed by atoms with Crippen LogP contribution in [0.3, 0.4) is 0 Å². The Hall–Kier alpha value is -2.24. The second-order valence-electron chi connectivity index (χ2n) is 5.30. The van der Waals surface area contributed by atoms with Crippen LogP contribution in [0.5, 0.6) is 0 Å². The summed E-state index contributed by atoms with van der Waals surface area (Å²) in [6.45, 7) is 4.63. The zero-order valence-corrected chi connectivity index (χ0v) is 12.1. The molecule has 1 atom stereocenters. The number of para-hydroxylation sites is 1. The summed E-state index contributed by atoms with van der Waals surface area (Å²) in [5.41, 5.74) is 2.42. The van der Waals surface area contributed by atoms with Gasteiger partial charge < -0.3 is 20.9 Å². The molecule has 112 valence electrons. The van der Waals surface area contributed by atoms with E-state index in [4.69, 9.17) is 0 Å².